The van der Waals surface area contributed by atoms with Crippen molar-refractivity contribution in [2.75, 3.05) is 19.5 Å². The van der Waals surface area contributed by atoms with E-state index in [0.717, 1.165) is 4.57 Å². The van der Waals surface area contributed by atoms with Crippen LogP contribution in [0, 0.1) is 0 Å². The van der Waals surface area contributed by atoms with Gasteiger partial charge in [0.05, 0.1) is 36.2 Å². The van der Waals surface area contributed by atoms with Crippen LogP contribution in [0.25, 0.3) is 10.9 Å². The van der Waals surface area contributed by atoms with Gasteiger partial charge in [-0.25, -0.2) is 14.4 Å². The van der Waals surface area contributed by atoms with E-state index in [1.807, 2.05) is 0 Å². The molecule has 1 amide bonds. The van der Waals surface area contributed by atoms with Gasteiger partial charge in [0.25, 0.3) is 5.56 Å². The topological polar surface area (TPSA) is 126 Å². The number of rotatable bonds is 6. The van der Waals surface area contributed by atoms with Crippen LogP contribution in [-0.2, 0) is 27.4 Å². The van der Waals surface area contributed by atoms with Crippen LogP contribution in [0.1, 0.15) is 27.6 Å². The van der Waals surface area contributed by atoms with Crippen molar-refractivity contribution in [2.24, 2.45) is 0 Å². The summed E-state index contributed by atoms with van der Waals surface area (Å²) in [4.78, 5) is 62.0. The smallest absolute Gasteiger partial charge is 0.337 e. The van der Waals surface area contributed by atoms with E-state index in [1.54, 1.807) is 31.2 Å². The molecule has 0 fully saturated rings. The second-order valence-electron chi connectivity index (χ2n) is 6.77. The summed E-state index contributed by atoms with van der Waals surface area (Å²) in [6.07, 6.45) is 0. The molecule has 0 saturated heterocycles. The largest absolute Gasteiger partial charge is 0.465 e. The van der Waals surface area contributed by atoms with Crippen molar-refractivity contribution in [3.05, 3.63) is 74.4 Å². The number of hydrogen-bond acceptors (Lipinski definition) is 7. The molecule has 3 aromatic rings. The van der Waals surface area contributed by atoms with Crippen molar-refractivity contribution < 1.29 is 23.9 Å². The third kappa shape index (κ3) is 4.29. The summed E-state index contributed by atoms with van der Waals surface area (Å²) in [5.74, 6) is -2.01. The molecule has 2 aromatic carbocycles. The third-order valence-corrected chi connectivity index (χ3v) is 4.81. The summed E-state index contributed by atoms with van der Waals surface area (Å²) in [7, 11) is 2.37. The number of carbonyl (C=O) groups excluding carboxylic acids is 3. The normalized spacial score (nSPS) is 10.6. The maximum atomic E-state index is 12.8. The number of fused-ring (bicyclic) bond motifs is 1. The number of amides is 1. The second-order valence-corrected chi connectivity index (χ2v) is 6.77. The van der Waals surface area contributed by atoms with E-state index in [1.165, 1.54) is 37.0 Å². The molecule has 0 spiro atoms. The van der Waals surface area contributed by atoms with Crippen LogP contribution in [0.15, 0.2) is 52.1 Å². The van der Waals surface area contributed by atoms with Gasteiger partial charge in [0.1, 0.15) is 6.54 Å². The fourth-order valence-electron chi connectivity index (χ4n) is 3.32. The molecule has 1 aromatic heterocycles. The molecule has 3 rings (SSSR count). The van der Waals surface area contributed by atoms with Crippen LogP contribution in [0.3, 0.4) is 0 Å². The molecule has 10 nitrogen and oxygen atoms in total. The van der Waals surface area contributed by atoms with Gasteiger partial charge in [-0.1, -0.05) is 12.1 Å². The predicted octanol–water partition coefficient (Wildman–Crippen LogP) is 1.39. The standard InChI is InChI=1S/C22H21N3O7/c1-4-24-19(27)16-7-5-6-8-17(16)25(22(24)30)12-18(26)23-15-10-13(20(28)31-2)9-14(11-15)21(29)32-3/h5-11H,4,12H2,1-3H3,(H,23,26). The fourth-order valence-corrected chi connectivity index (χ4v) is 3.32. The van der Waals surface area contributed by atoms with E-state index in [9.17, 15) is 24.0 Å². The highest BCUT2D eigenvalue weighted by atomic mass is 16.5. The Kier molecular flexibility index (Phi) is 6.53. The Labute approximate surface area is 182 Å². The number of carbonyl (C=O) groups is 3. The van der Waals surface area contributed by atoms with E-state index < -0.39 is 35.6 Å². The van der Waals surface area contributed by atoms with Gasteiger partial charge in [-0.05, 0) is 37.3 Å². The number of nitrogens with zero attached hydrogens (tertiary/aromatic N) is 2. The zero-order valence-electron chi connectivity index (χ0n) is 17.7. The monoisotopic (exact) mass is 439 g/mol. The molecule has 0 bridgehead atoms. The van der Waals surface area contributed by atoms with Gasteiger partial charge in [-0.2, -0.15) is 0 Å². The second kappa shape index (κ2) is 9.29. The Morgan fingerprint density at radius 3 is 2.06 bits per heavy atom. The van der Waals surface area contributed by atoms with Gasteiger partial charge in [0.15, 0.2) is 0 Å². The van der Waals surface area contributed by atoms with Gasteiger partial charge in [0.2, 0.25) is 5.91 Å². The lowest BCUT2D eigenvalue weighted by Gasteiger charge is -2.14. The molecule has 0 atom stereocenters. The molecule has 0 radical (unpaired) electrons. The minimum absolute atomic E-state index is 0.0350. The van der Waals surface area contributed by atoms with Gasteiger partial charge in [-0.3, -0.25) is 18.7 Å². The average Bonchev–Trinajstić information content (AvgIpc) is 2.80. The lowest BCUT2D eigenvalue weighted by atomic mass is 10.1. The highest BCUT2D eigenvalue weighted by molar-refractivity contribution is 5.99. The van der Waals surface area contributed by atoms with E-state index in [0.29, 0.717) is 10.9 Å². The molecule has 1 heterocycles. The van der Waals surface area contributed by atoms with Crippen molar-refractivity contribution in [3.8, 4) is 0 Å². The van der Waals surface area contributed by atoms with Crippen molar-refractivity contribution in [1.82, 2.24) is 9.13 Å². The van der Waals surface area contributed by atoms with E-state index in [4.69, 9.17) is 0 Å². The predicted molar refractivity (Wildman–Crippen MR) is 116 cm³/mol. The summed E-state index contributed by atoms with van der Waals surface area (Å²) in [5, 5.41) is 2.88. The number of benzene rings is 2. The maximum Gasteiger partial charge on any atom is 0.337 e. The summed E-state index contributed by atoms with van der Waals surface area (Å²) in [6, 6.07) is 10.5. The molecule has 32 heavy (non-hydrogen) atoms. The molecule has 0 unspecified atom stereocenters. The van der Waals surface area contributed by atoms with Crippen molar-refractivity contribution >= 4 is 34.4 Å². The molecular formula is C22H21N3O7. The molecule has 0 aliphatic carbocycles. The number of esters is 2. The zero-order valence-corrected chi connectivity index (χ0v) is 17.7. The SMILES string of the molecule is CCn1c(=O)c2ccccc2n(CC(=O)Nc2cc(C(=O)OC)cc(C(=O)OC)c2)c1=O. The minimum Gasteiger partial charge on any atom is -0.465 e. The molecule has 10 heteroatoms. The number of anilines is 1. The van der Waals surface area contributed by atoms with Crippen LogP contribution < -0.4 is 16.6 Å². The van der Waals surface area contributed by atoms with Gasteiger partial charge < -0.3 is 14.8 Å². The van der Waals surface area contributed by atoms with E-state index in [2.05, 4.69) is 14.8 Å². The van der Waals surface area contributed by atoms with Crippen LogP contribution in [0.5, 0.6) is 0 Å². The summed E-state index contributed by atoms with van der Waals surface area (Å²) in [6.45, 7) is 1.41. The summed E-state index contributed by atoms with van der Waals surface area (Å²) in [5.41, 5.74) is -0.524. The zero-order chi connectivity index (χ0) is 23.4. The lowest BCUT2D eigenvalue weighted by Crippen LogP contribution is -2.41. The Bertz CT molecular complexity index is 1300. The highest BCUT2D eigenvalue weighted by Gasteiger charge is 2.17. The number of hydrogen-bond donors (Lipinski definition) is 1. The molecule has 1 N–H and O–H groups in total. The first kappa shape index (κ1) is 22.5. The Balaban J connectivity index is 2.00. The first-order valence-corrected chi connectivity index (χ1v) is 9.64. The van der Waals surface area contributed by atoms with E-state index >= 15 is 0 Å². The maximum absolute atomic E-state index is 12.8. The molecule has 166 valence electrons. The van der Waals surface area contributed by atoms with Crippen LogP contribution in [0.4, 0.5) is 5.69 Å². The summed E-state index contributed by atoms with van der Waals surface area (Å²) < 4.78 is 11.6. The van der Waals surface area contributed by atoms with Crippen LogP contribution in [0.2, 0.25) is 0 Å². The molecule has 0 aliphatic heterocycles. The minimum atomic E-state index is -0.705. The van der Waals surface area contributed by atoms with Gasteiger partial charge >= 0.3 is 17.6 Å². The average molecular weight is 439 g/mol. The van der Waals surface area contributed by atoms with Crippen molar-refractivity contribution in [1.29, 1.82) is 0 Å². The Morgan fingerprint density at radius 2 is 1.50 bits per heavy atom. The van der Waals surface area contributed by atoms with E-state index in [-0.39, 0.29) is 23.4 Å². The number of nitrogens with one attached hydrogen (secondary N) is 1. The van der Waals surface area contributed by atoms with Crippen LogP contribution >= 0.6 is 0 Å². The summed E-state index contributed by atoms with van der Waals surface area (Å²) >= 11 is 0. The van der Waals surface area contributed by atoms with Gasteiger partial charge in [-0.15, -0.1) is 0 Å². The number of para-hydroxylation sites is 1. The molecule has 0 aliphatic rings. The lowest BCUT2D eigenvalue weighted by molar-refractivity contribution is -0.116. The number of methoxy groups -OCH3 is 2. The Hall–Kier alpha value is -4.21. The van der Waals surface area contributed by atoms with Crippen molar-refractivity contribution in [2.45, 2.75) is 20.0 Å². The highest BCUT2D eigenvalue weighted by Crippen LogP contribution is 2.17. The molecular weight excluding hydrogens is 418 g/mol. The Morgan fingerprint density at radius 1 is 0.906 bits per heavy atom. The molecule has 0 saturated carbocycles. The fraction of sp³-hybridized carbons (Fsp3) is 0.227. The van der Waals surface area contributed by atoms with Crippen molar-refractivity contribution in [3.63, 3.8) is 0 Å². The first-order chi connectivity index (χ1) is 15.3. The van der Waals surface area contributed by atoms with Gasteiger partial charge in [0, 0.05) is 12.2 Å². The number of ether oxygens (including phenoxy) is 2. The van der Waals surface area contributed by atoms with Crippen LogP contribution in [-0.4, -0.2) is 41.2 Å². The first-order valence-electron chi connectivity index (χ1n) is 9.64. The quantitative estimate of drug-likeness (QED) is 0.575. The third-order valence-electron chi connectivity index (χ3n) is 4.81. The number of aromatic nitrogens is 2.